The number of carboxylic acid groups (broad SMARTS) is 1. The fraction of sp³-hybridized carbons (Fsp3) is 0.500. The second-order valence-corrected chi connectivity index (χ2v) is 6.00. The van der Waals surface area contributed by atoms with Crippen molar-refractivity contribution in [2.75, 3.05) is 18.0 Å². The average Bonchev–Trinajstić information content (AvgIpc) is 2.82. The van der Waals surface area contributed by atoms with Crippen LogP contribution in [0.25, 0.3) is 11.4 Å². The first-order chi connectivity index (χ1) is 11.1. The van der Waals surface area contributed by atoms with Crippen molar-refractivity contribution in [3.63, 3.8) is 0 Å². The molecular formula is C16H21N5O2. The number of hydrogen-bond donors (Lipinski definition) is 1. The quantitative estimate of drug-likeness (QED) is 0.928. The van der Waals surface area contributed by atoms with Crippen LogP contribution >= 0.6 is 0 Å². The van der Waals surface area contributed by atoms with Crippen molar-refractivity contribution >= 4 is 11.8 Å². The Labute approximate surface area is 134 Å². The van der Waals surface area contributed by atoms with Gasteiger partial charge in [0.25, 0.3) is 0 Å². The molecule has 2 aromatic rings. The van der Waals surface area contributed by atoms with Gasteiger partial charge >= 0.3 is 5.97 Å². The summed E-state index contributed by atoms with van der Waals surface area (Å²) in [5.74, 6) is 0.412. The summed E-state index contributed by atoms with van der Waals surface area (Å²) in [4.78, 5) is 13.1. The summed E-state index contributed by atoms with van der Waals surface area (Å²) in [7, 11) is 1.88. The third-order valence-electron chi connectivity index (χ3n) is 4.37. The Bertz CT molecular complexity index is 667. The van der Waals surface area contributed by atoms with Gasteiger partial charge < -0.3 is 10.0 Å². The summed E-state index contributed by atoms with van der Waals surface area (Å²) < 4.78 is 1.77. The number of nitrogens with zero attached hydrogens (tertiary/aromatic N) is 5. The van der Waals surface area contributed by atoms with Gasteiger partial charge in [0, 0.05) is 32.8 Å². The van der Waals surface area contributed by atoms with Crippen LogP contribution in [0, 0.1) is 5.92 Å². The molecule has 122 valence electrons. The van der Waals surface area contributed by atoms with Crippen molar-refractivity contribution in [3.05, 3.63) is 24.4 Å². The van der Waals surface area contributed by atoms with Crippen LogP contribution in [0.5, 0.6) is 0 Å². The van der Waals surface area contributed by atoms with E-state index in [1.54, 1.807) is 10.9 Å². The number of carboxylic acids is 1. The minimum Gasteiger partial charge on any atom is -0.481 e. The van der Waals surface area contributed by atoms with Crippen LogP contribution in [-0.2, 0) is 11.8 Å². The molecule has 1 unspecified atom stereocenters. The molecule has 1 aliphatic rings. The second-order valence-electron chi connectivity index (χ2n) is 6.00. The molecule has 0 amide bonds. The van der Waals surface area contributed by atoms with Crippen LogP contribution in [0.4, 0.5) is 5.82 Å². The van der Waals surface area contributed by atoms with E-state index in [1.165, 1.54) is 0 Å². The van der Waals surface area contributed by atoms with E-state index in [0.29, 0.717) is 0 Å². The van der Waals surface area contributed by atoms with E-state index < -0.39 is 5.97 Å². The first-order valence-corrected chi connectivity index (χ1v) is 7.92. The van der Waals surface area contributed by atoms with Gasteiger partial charge in [-0.05, 0) is 43.4 Å². The van der Waals surface area contributed by atoms with Crippen molar-refractivity contribution < 1.29 is 9.90 Å². The molecule has 0 spiro atoms. The maximum atomic E-state index is 10.9. The van der Waals surface area contributed by atoms with Gasteiger partial charge in [0.15, 0.2) is 5.82 Å². The molecule has 1 saturated heterocycles. The highest BCUT2D eigenvalue weighted by Crippen LogP contribution is 2.24. The summed E-state index contributed by atoms with van der Waals surface area (Å²) in [6.07, 6.45) is 4.84. The van der Waals surface area contributed by atoms with Gasteiger partial charge in [-0.15, -0.1) is 10.2 Å². The lowest BCUT2D eigenvalue weighted by molar-refractivity contribution is -0.138. The van der Waals surface area contributed by atoms with Gasteiger partial charge in [-0.1, -0.05) is 0 Å². The van der Waals surface area contributed by atoms with Crippen LogP contribution in [0.3, 0.4) is 0 Å². The summed E-state index contributed by atoms with van der Waals surface area (Å²) in [6, 6.07) is 5.85. The fourth-order valence-corrected chi connectivity index (χ4v) is 3.10. The number of aliphatic carboxylic acids is 1. The predicted octanol–water partition coefficient (Wildman–Crippen LogP) is 1.96. The Morgan fingerprint density at radius 1 is 1.26 bits per heavy atom. The van der Waals surface area contributed by atoms with Crippen LogP contribution < -0.4 is 4.90 Å². The number of carbonyl (C=O) groups is 1. The van der Waals surface area contributed by atoms with Crippen molar-refractivity contribution in [2.45, 2.75) is 25.7 Å². The number of rotatable bonds is 4. The zero-order valence-electron chi connectivity index (χ0n) is 13.2. The molecule has 1 fully saturated rings. The van der Waals surface area contributed by atoms with Gasteiger partial charge in [0.1, 0.15) is 5.69 Å². The second kappa shape index (κ2) is 6.76. The normalized spacial score (nSPS) is 18.7. The zero-order chi connectivity index (χ0) is 16.2. The van der Waals surface area contributed by atoms with E-state index in [1.807, 2.05) is 25.2 Å². The minimum absolute atomic E-state index is 0.263. The molecule has 0 bridgehead atoms. The van der Waals surface area contributed by atoms with Crippen LogP contribution in [0.15, 0.2) is 24.4 Å². The van der Waals surface area contributed by atoms with Crippen LogP contribution in [-0.4, -0.2) is 44.1 Å². The van der Waals surface area contributed by atoms with Gasteiger partial charge in [-0.2, -0.15) is 5.10 Å². The van der Waals surface area contributed by atoms with Gasteiger partial charge in [-0.3, -0.25) is 9.48 Å². The molecule has 0 radical (unpaired) electrons. The lowest BCUT2D eigenvalue weighted by Crippen LogP contribution is -2.25. The Hall–Kier alpha value is -2.44. The Balaban J connectivity index is 1.68. The maximum Gasteiger partial charge on any atom is 0.303 e. The van der Waals surface area contributed by atoms with E-state index in [9.17, 15) is 4.79 Å². The van der Waals surface area contributed by atoms with Gasteiger partial charge in [0.05, 0.1) is 5.69 Å². The SMILES string of the molecule is Cn1nccc1-c1ccc(N2CCCC(CC(=O)O)CC2)nn1. The molecule has 2 aromatic heterocycles. The van der Waals surface area contributed by atoms with E-state index in [0.717, 1.165) is 49.6 Å². The summed E-state index contributed by atoms with van der Waals surface area (Å²) in [5.41, 5.74) is 1.73. The molecular weight excluding hydrogens is 294 g/mol. The number of aromatic nitrogens is 4. The van der Waals surface area contributed by atoms with Crippen molar-refractivity contribution in [3.8, 4) is 11.4 Å². The highest BCUT2D eigenvalue weighted by Gasteiger charge is 2.20. The Morgan fingerprint density at radius 3 is 2.78 bits per heavy atom. The molecule has 1 aliphatic heterocycles. The molecule has 3 rings (SSSR count). The van der Waals surface area contributed by atoms with Crippen molar-refractivity contribution in [2.24, 2.45) is 13.0 Å². The number of aryl methyl sites for hydroxylation is 1. The Kier molecular flexibility index (Phi) is 4.55. The smallest absolute Gasteiger partial charge is 0.303 e. The Morgan fingerprint density at radius 2 is 2.13 bits per heavy atom. The van der Waals surface area contributed by atoms with E-state index in [2.05, 4.69) is 20.2 Å². The summed E-state index contributed by atoms with van der Waals surface area (Å²) in [5, 5.41) is 21.7. The highest BCUT2D eigenvalue weighted by molar-refractivity contribution is 5.67. The molecule has 7 heteroatoms. The molecule has 0 aromatic carbocycles. The van der Waals surface area contributed by atoms with E-state index >= 15 is 0 Å². The molecule has 0 saturated carbocycles. The minimum atomic E-state index is -0.705. The largest absolute Gasteiger partial charge is 0.481 e. The molecule has 1 atom stereocenters. The lowest BCUT2D eigenvalue weighted by Gasteiger charge is -2.21. The van der Waals surface area contributed by atoms with Gasteiger partial charge in [-0.25, -0.2) is 0 Å². The third-order valence-corrected chi connectivity index (χ3v) is 4.37. The predicted molar refractivity (Wildman–Crippen MR) is 86.0 cm³/mol. The fourth-order valence-electron chi connectivity index (χ4n) is 3.10. The molecule has 0 aliphatic carbocycles. The number of anilines is 1. The maximum absolute atomic E-state index is 10.9. The van der Waals surface area contributed by atoms with Crippen molar-refractivity contribution in [1.82, 2.24) is 20.0 Å². The van der Waals surface area contributed by atoms with Gasteiger partial charge in [0.2, 0.25) is 0 Å². The zero-order valence-corrected chi connectivity index (χ0v) is 13.2. The molecule has 7 nitrogen and oxygen atoms in total. The lowest BCUT2D eigenvalue weighted by atomic mass is 9.97. The highest BCUT2D eigenvalue weighted by atomic mass is 16.4. The van der Waals surface area contributed by atoms with Crippen LogP contribution in [0.1, 0.15) is 25.7 Å². The first-order valence-electron chi connectivity index (χ1n) is 7.92. The average molecular weight is 315 g/mol. The first kappa shape index (κ1) is 15.5. The summed E-state index contributed by atoms with van der Waals surface area (Å²) >= 11 is 0. The summed E-state index contributed by atoms with van der Waals surface area (Å²) in [6.45, 7) is 1.73. The topological polar surface area (TPSA) is 84.1 Å². The monoisotopic (exact) mass is 315 g/mol. The van der Waals surface area contributed by atoms with E-state index in [-0.39, 0.29) is 12.3 Å². The molecule has 3 heterocycles. The molecule has 1 N–H and O–H groups in total. The van der Waals surface area contributed by atoms with E-state index in [4.69, 9.17) is 5.11 Å². The standard InChI is InChI=1S/C16H21N5O2/c1-20-14(6-8-17-20)13-4-5-15(19-18-13)21-9-2-3-12(7-10-21)11-16(22)23/h4-6,8,12H,2-3,7,9-11H2,1H3,(H,22,23). The number of hydrogen-bond acceptors (Lipinski definition) is 5. The third kappa shape index (κ3) is 3.67. The van der Waals surface area contributed by atoms with Crippen LogP contribution in [0.2, 0.25) is 0 Å². The molecule has 23 heavy (non-hydrogen) atoms. The van der Waals surface area contributed by atoms with Crippen molar-refractivity contribution in [1.29, 1.82) is 0 Å².